The van der Waals surface area contributed by atoms with E-state index in [-0.39, 0.29) is 24.3 Å². The molecule has 1 aromatic heterocycles. The molecule has 0 saturated heterocycles. The Bertz CT molecular complexity index is 677. The fourth-order valence-electron chi connectivity index (χ4n) is 2.13. The predicted molar refractivity (Wildman–Crippen MR) is 81.3 cm³/mol. The number of oxime groups is 1. The topological polar surface area (TPSA) is 91.8 Å². The van der Waals surface area contributed by atoms with Gasteiger partial charge in [-0.3, -0.25) is 9.78 Å². The lowest BCUT2D eigenvalue weighted by atomic mass is 10.1. The number of hydrogen-bond donors (Lipinski definition) is 2. The molecule has 0 saturated carbocycles. The van der Waals surface area contributed by atoms with Crippen LogP contribution in [0.15, 0.2) is 41.7 Å². The van der Waals surface area contributed by atoms with E-state index >= 15 is 0 Å². The van der Waals surface area contributed by atoms with Crippen molar-refractivity contribution < 1.29 is 10.0 Å². The van der Waals surface area contributed by atoms with E-state index in [1.165, 1.54) is 0 Å². The number of para-hydroxylation sites is 1. The number of amides is 1. The van der Waals surface area contributed by atoms with Crippen LogP contribution in [0.4, 0.5) is 0 Å². The van der Waals surface area contributed by atoms with Gasteiger partial charge >= 0.3 is 0 Å². The molecule has 110 valence electrons. The monoisotopic (exact) mass is 286 g/mol. The van der Waals surface area contributed by atoms with E-state index in [0.717, 1.165) is 10.9 Å². The highest BCUT2D eigenvalue weighted by molar-refractivity contribution is 6.07. The van der Waals surface area contributed by atoms with Gasteiger partial charge in [0, 0.05) is 17.6 Å². The Morgan fingerprint density at radius 3 is 2.76 bits per heavy atom. The van der Waals surface area contributed by atoms with E-state index in [0.29, 0.717) is 5.56 Å². The van der Waals surface area contributed by atoms with Crippen LogP contribution >= 0.6 is 0 Å². The van der Waals surface area contributed by atoms with Gasteiger partial charge in [-0.25, -0.2) is 0 Å². The molecule has 0 aliphatic rings. The summed E-state index contributed by atoms with van der Waals surface area (Å²) in [6.07, 6.45) is 1.61. The standard InChI is InChI=1S/C15H18N4O2/c1-10(2)19(9-14(16)18-21)15(20)12-7-8-17-13-6-4-3-5-11(12)13/h3-8,10,21H,9H2,1-2H3,(H2,16,18). The van der Waals surface area contributed by atoms with Crippen LogP contribution in [0, 0.1) is 0 Å². The Hall–Kier alpha value is -2.63. The second kappa shape index (κ2) is 6.21. The summed E-state index contributed by atoms with van der Waals surface area (Å²) < 4.78 is 0. The van der Waals surface area contributed by atoms with Crippen molar-refractivity contribution in [2.24, 2.45) is 10.9 Å². The second-order valence-electron chi connectivity index (χ2n) is 4.99. The van der Waals surface area contributed by atoms with Crippen molar-refractivity contribution in [1.29, 1.82) is 0 Å². The Kier molecular flexibility index (Phi) is 4.37. The van der Waals surface area contributed by atoms with Gasteiger partial charge in [0.25, 0.3) is 5.91 Å². The molecule has 6 heteroatoms. The van der Waals surface area contributed by atoms with Crippen molar-refractivity contribution in [1.82, 2.24) is 9.88 Å². The van der Waals surface area contributed by atoms with Crippen LogP contribution < -0.4 is 5.73 Å². The van der Waals surface area contributed by atoms with E-state index in [2.05, 4.69) is 10.1 Å². The minimum atomic E-state index is -0.171. The summed E-state index contributed by atoms with van der Waals surface area (Å²) in [6.45, 7) is 3.83. The van der Waals surface area contributed by atoms with Gasteiger partial charge in [-0.2, -0.15) is 0 Å². The molecule has 2 rings (SSSR count). The average molecular weight is 286 g/mol. The van der Waals surface area contributed by atoms with Crippen molar-refractivity contribution in [2.75, 3.05) is 6.54 Å². The highest BCUT2D eigenvalue weighted by Gasteiger charge is 2.21. The maximum atomic E-state index is 12.8. The van der Waals surface area contributed by atoms with Crippen LogP contribution in [0.25, 0.3) is 10.9 Å². The molecule has 0 bridgehead atoms. The van der Waals surface area contributed by atoms with Gasteiger partial charge in [0.15, 0.2) is 5.84 Å². The normalized spacial score (nSPS) is 11.9. The van der Waals surface area contributed by atoms with Crippen molar-refractivity contribution in [3.63, 3.8) is 0 Å². The third kappa shape index (κ3) is 3.10. The molecule has 0 unspecified atom stereocenters. The van der Waals surface area contributed by atoms with Gasteiger partial charge in [-0.15, -0.1) is 0 Å². The van der Waals surface area contributed by atoms with Crippen molar-refractivity contribution in [3.05, 3.63) is 42.1 Å². The van der Waals surface area contributed by atoms with Crippen molar-refractivity contribution in [2.45, 2.75) is 19.9 Å². The van der Waals surface area contributed by atoms with Crippen LogP contribution in [0.1, 0.15) is 24.2 Å². The number of amidine groups is 1. The maximum Gasteiger partial charge on any atom is 0.255 e. The third-order valence-electron chi connectivity index (χ3n) is 3.22. The molecule has 0 radical (unpaired) electrons. The van der Waals surface area contributed by atoms with Gasteiger partial charge in [0.05, 0.1) is 17.6 Å². The minimum Gasteiger partial charge on any atom is -0.409 e. The summed E-state index contributed by atoms with van der Waals surface area (Å²) in [6, 6.07) is 9.06. The highest BCUT2D eigenvalue weighted by atomic mass is 16.4. The largest absolute Gasteiger partial charge is 0.409 e. The van der Waals surface area contributed by atoms with Gasteiger partial charge in [0.1, 0.15) is 0 Å². The Balaban J connectivity index is 2.44. The fraction of sp³-hybridized carbons (Fsp3) is 0.267. The SMILES string of the molecule is CC(C)N(C/C(N)=N/O)C(=O)c1ccnc2ccccc12. The minimum absolute atomic E-state index is 0.00425. The molecule has 2 aromatic rings. The molecule has 6 nitrogen and oxygen atoms in total. The molecule has 3 N–H and O–H groups in total. The highest BCUT2D eigenvalue weighted by Crippen LogP contribution is 2.18. The number of nitrogens with zero attached hydrogens (tertiary/aromatic N) is 3. The fourth-order valence-corrected chi connectivity index (χ4v) is 2.13. The predicted octanol–water partition coefficient (Wildman–Crippen LogP) is 1.83. The zero-order chi connectivity index (χ0) is 15.4. The number of nitrogens with two attached hydrogens (primary N) is 1. The lowest BCUT2D eigenvalue weighted by molar-refractivity contribution is 0.0736. The number of pyridine rings is 1. The third-order valence-corrected chi connectivity index (χ3v) is 3.22. The lowest BCUT2D eigenvalue weighted by Gasteiger charge is -2.26. The molecule has 1 amide bonds. The number of hydrogen-bond acceptors (Lipinski definition) is 4. The molecule has 21 heavy (non-hydrogen) atoms. The Labute approximate surface area is 122 Å². The number of carbonyl (C=O) groups is 1. The van der Waals surface area contributed by atoms with Crippen LogP contribution in [-0.2, 0) is 0 Å². The molecule has 0 aliphatic carbocycles. The first-order valence-corrected chi connectivity index (χ1v) is 6.65. The van der Waals surface area contributed by atoms with Crippen molar-refractivity contribution >= 4 is 22.6 Å². The zero-order valence-electron chi connectivity index (χ0n) is 12.0. The first kappa shape index (κ1) is 14.8. The van der Waals surface area contributed by atoms with Gasteiger partial charge < -0.3 is 15.8 Å². The van der Waals surface area contributed by atoms with E-state index < -0.39 is 0 Å². The molecule has 0 spiro atoms. The van der Waals surface area contributed by atoms with Crippen molar-refractivity contribution in [3.8, 4) is 0 Å². The summed E-state index contributed by atoms with van der Waals surface area (Å²) in [7, 11) is 0. The van der Waals surface area contributed by atoms with Gasteiger partial charge in [-0.1, -0.05) is 23.4 Å². The summed E-state index contributed by atoms with van der Waals surface area (Å²) in [5, 5.41) is 12.4. The lowest BCUT2D eigenvalue weighted by Crippen LogP contribution is -2.43. The molecule has 0 aliphatic heterocycles. The second-order valence-corrected chi connectivity index (χ2v) is 4.99. The Morgan fingerprint density at radius 1 is 1.38 bits per heavy atom. The molecular weight excluding hydrogens is 268 g/mol. The quantitative estimate of drug-likeness (QED) is 0.388. The maximum absolute atomic E-state index is 12.8. The molecular formula is C15H18N4O2. The van der Waals surface area contributed by atoms with Crippen LogP contribution in [0.2, 0.25) is 0 Å². The molecule has 1 heterocycles. The Morgan fingerprint density at radius 2 is 2.10 bits per heavy atom. The molecule has 0 fully saturated rings. The van der Waals surface area contributed by atoms with Gasteiger partial charge in [-0.05, 0) is 26.0 Å². The van der Waals surface area contributed by atoms with Crippen LogP contribution in [0.5, 0.6) is 0 Å². The first-order valence-electron chi connectivity index (χ1n) is 6.65. The number of carbonyl (C=O) groups excluding carboxylic acids is 1. The number of benzene rings is 1. The van der Waals surface area contributed by atoms with E-state index in [9.17, 15) is 4.79 Å². The summed E-state index contributed by atoms with van der Waals surface area (Å²) in [5.41, 5.74) is 6.85. The first-order chi connectivity index (χ1) is 10.0. The smallest absolute Gasteiger partial charge is 0.255 e. The molecule has 0 atom stereocenters. The summed E-state index contributed by atoms with van der Waals surface area (Å²) >= 11 is 0. The zero-order valence-corrected chi connectivity index (χ0v) is 12.0. The molecule has 1 aromatic carbocycles. The van der Waals surface area contributed by atoms with Crippen LogP contribution in [0.3, 0.4) is 0 Å². The number of aromatic nitrogens is 1. The average Bonchev–Trinajstić information content (AvgIpc) is 2.50. The number of rotatable bonds is 4. The van der Waals surface area contributed by atoms with E-state index in [1.54, 1.807) is 17.2 Å². The van der Waals surface area contributed by atoms with E-state index in [1.807, 2.05) is 38.1 Å². The van der Waals surface area contributed by atoms with Crippen LogP contribution in [-0.4, -0.2) is 39.4 Å². The summed E-state index contributed by atoms with van der Waals surface area (Å²) in [4.78, 5) is 18.6. The summed E-state index contributed by atoms with van der Waals surface area (Å²) in [5.74, 6) is -0.175. The van der Waals surface area contributed by atoms with Gasteiger partial charge in [0.2, 0.25) is 0 Å². The van der Waals surface area contributed by atoms with E-state index in [4.69, 9.17) is 10.9 Å². The number of fused-ring (bicyclic) bond motifs is 1.